The van der Waals surface area contributed by atoms with E-state index in [-0.39, 0.29) is 21.7 Å². The second kappa shape index (κ2) is 22.4. The van der Waals surface area contributed by atoms with Gasteiger partial charge < -0.3 is 26.3 Å². The highest BCUT2D eigenvalue weighted by atomic mass is 31.1. The molecule has 8 bridgehead atoms. The van der Waals surface area contributed by atoms with Crippen LogP contribution in [0.5, 0.6) is 11.5 Å². The van der Waals surface area contributed by atoms with Crippen LogP contribution >= 0.6 is 16.0 Å². The van der Waals surface area contributed by atoms with Crippen molar-refractivity contribution >= 4 is 59.9 Å². The van der Waals surface area contributed by atoms with Crippen LogP contribution in [0.4, 0.5) is 0 Å². The summed E-state index contributed by atoms with van der Waals surface area (Å²) in [5, 5.41) is 6.20. The van der Waals surface area contributed by atoms with Crippen molar-refractivity contribution in [3.63, 3.8) is 0 Å². The molecule has 0 atom stereocenters. The van der Waals surface area contributed by atoms with Crippen LogP contribution < -0.4 is 9.47 Å². The van der Waals surface area contributed by atoms with Crippen molar-refractivity contribution in [1.29, 1.82) is 0 Å². The Labute approximate surface area is 488 Å². The minimum Gasteiger partial charge on any atom is -0.493 e. The number of fused-ring (bicyclic) bond motifs is 14. The number of ether oxygens (including phenoxy) is 2. The topological polar surface area (TPSA) is 71.0 Å². The zero-order chi connectivity index (χ0) is 57.9. The lowest BCUT2D eigenvalue weighted by atomic mass is 9.79. The maximum Gasteiger partial charge on any atom is 0.253 e. The molecule has 0 unspecified atom stereocenters. The molecule has 10 aromatic rings. The van der Waals surface area contributed by atoms with Crippen molar-refractivity contribution in [2.45, 2.75) is 157 Å². The van der Waals surface area contributed by atoms with E-state index in [4.69, 9.17) is 26.3 Å². The molecule has 0 amide bonds. The molecule has 82 heavy (non-hydrogen) atoms. The van der Waals surface area contributed by atoms with Gasteiger partial charge in [-0.15, -0.1) is 0 Å². The summed E-state index contributed by atoms with van der Waals surface area (Å²) in [6.07, 6.45) is 4.07. The van der Waals surface area contributed by atoms with Gasteiger partial charge in [0.15, 0.2) is 0 Å². The van der Waals surface area contributed by atoms with Gasteiger partial charge in [-0.3, -0.25) is 0 Å². The number of hydrogen-bond acceptors (Lipinski definition) is 6. The van der Waals surface area contributed by atoms with Gasteiger partial charge in [-0.05, 0) is 132 Å². The van der Waals surface area contributed by atoms with E-state index in [1.165, 1.54) is 22.3 Å². The normalized spacial score (nSPS) is 13.2. The van der Waals surface area contributed by atoms with Crippen molar-refractivity contribution in [2.75, 3.05) is 13.2 Å². The SMILES string of the molecule is CCCOc1c2cc(C(C)(C)C)cc1Cc1cc(C(C)(C)C)cc(c1-p1oc3ccccc3c3ccccc3o1)Cc1cc(C(C)(C)C)cc(c1-p1oc3ccccc3c3ccccc3o1)Cc1cc(C(C)(C)C)cc(c1OCCC)C2. The van der Waals surface area contributed by atoms with E-state index < -0.39 is 16.0 Å². The van der Waals surface area contributed by atoms with Crippen LogP contribution in [0.2, 0.25) is 0 Å². The highest BCUT2D eigenvalue weighted by molar-refractivity contribution is 7.46. The quantitative estimate of drug-likeness (QED) is 0.151. The minimum absolute atomic E-state index is 0.172. The fraction of sp³-hybridized carbons (Fsp3) is 0.351. The average Bonchev–Trinajstić information content (AvgIpc) is 3.90. The standard InChI is InChI=1S/C74H82O6P2/c1-15-33-75-67-47-35-48-40-56(72(6,7)8)42-50(68(48)76-34-16-2)37-52-44-58(74(12,13)14)46-54(70(52)82-79-65-31-23-19-27-61(65)62-28-20-24-32-66(62)80-82)38-53-45-57(73(9,10)11)43-51(36-49(67)41-55(39-47)71(3,4)5)69(53)81-77-63-29-21-17-25-59(63)60-26-18-22-30-64(60)78-81/h17-32,39-46H,15-16,33-38H2,1-14H3. The monoisotopic (exact) mass is 1130 g/mol. The molecule has 0 aliphatic heterocycles. The van der Waals surface area contributed by atoms with E-state index in [9.17, 15) is 0 Å². The van der Waals surface area contributed by atoms with Gasteiger partial charge in [-0.2, -0.15) is 0 Å². The van der Waals surface area contributed by atoms with Gasteiger partial charge in [-0.1, -0.05) is 218 Å². The van der Waals surface area contributed by atoms with E-state index >= 15 is 0 Å². The Morgan fingerprint density at radius 2 is 0.549 bits per heavy atom. The van der Waals surface area contributed by atoms with Crippen LogP contribution in [-0.2, 0) is 47.3 Å². The van der Waals surface area contributed by atoms with Gasteiger partial charge in [0.25, 0.3) is 16.0 Å². The average molecular weight is 1130 g/mol. The molecular weight excluding hydrogens is 1050 g/mol. The van der Waals surface area contributed by atoms with Gasteiger partial charge in [0.1, 0.15) is 33.8 Å². The molecule has 0 spiro atoms. The van der Waals surface area contributed by atoms with Crippen molar-refractivity contribution in [3.8, 4) is 22.1 Å². The fourth-order valence-corrected chi connectivity index (χ4v) is 14.8. The molecule has 424 valence electrons. The fourth-order valence-electron chi connectivity index (χ4n) is 11.5. The van der Waals surface area contributed by atoms with Crippen molar-refractivity contribution in [1.82, 2.24) is 0 Å². The summed E-state index contributed by atoms with van der Waals surface area (Å²) in [6.45, 7) is 33.5. The maximum atomic E-state index is 7.48. The Bertz CT molecular complexity index is 3750. The first-order chi connectivity index (χ1) is 39.0. The van der Waals surface area contributed by atoms with Crippen LogP contribution in [0.3, 0.4) is 0 Å². The highest BCUT2D eigenvalue weighted by Crippen LogP contribution is 2.54. The van der Waals surface area contributed by atoms with Crippen LogP contribution in [0.25, 0.3) is 54.5 Å². The van der Waals surface area contributed by atoms with Gasteiger partial charge in [0, 0.05) is 40.8 Å². The van der Waals surface area contributed by atoms with E-state index in [2.05, 4.69) is 243 Å². The molecule has 0 fully saturated rings. The third kappa shape index (κ3) is 11.6. The molecule has 1 aliphatic carbocycles. The van der Waals surface area contributed by atoms with Crippen LogP contribution in [0.15, 0.2) is 162 Å². The van der Waals surface area contributed by atoms with Gasteiger partial charge in [0.2, 0.25) is 0 Å². The summed E-state index contributed by atoms with van der Waals surface area (Å²) >= 11 is 0. The Balaban J connectivity index is 1.36. The zero-order valence-corrected chi connectivity index (χ0v) is 52.6. The Hall–Kier alpha value is -6.84. The van der Waals surface area contributed by atoms with Crippen LogP contribution in [0.1, 0.15) is 177 Å². The third-order valence-corrected chi connectivity index (χ3v) is 19.5. The summed E-state index contributed by atoms with van der Waals surface area (Å²) in [5.41, 5.74) is 16.6. The smallest absolute Gasteiger partial charge is 0.253 e. The molecule has 1 aliphatic rings. The molecular formula is C74H82O6P2. The molecule has 0 saturated heterocycles. The van der Waals surface area contributed by atoms with Crippen molar-refractivity contribution in [2.24, 2.45) is 0 Å². The van der Waals surface area contributed by atoms with Gasteiger partial charge >= 0.3 is 0 Å². The summed E-state index contributed by atoms with van der Waals surface area (Å²) in [6, 6.07) is 53.2. The summed E-state index contributed by atoms with van der Waals surface area (Å²) < 4.78 is 44.3. The summed E-state index contributed by atoms with van der Waals surface area (Å²) in [4.78, 5) is 0. The lowest BCUT2D eigenvalue weighted by Crippen LogP contribution is -2.17. The first-order valence-corrected chi connectivity index (χ1v) is 32.0. The second-order valence-electron chi connectivity index (χ2n) is 26.8. The lowest BCUT2D eigenvalue weighted by molar-refractivity contribution is 0.308. The number of hydrogen-bond donors (Lipinski definition) is 0. The molecule has 2 aromatic heterocycles. The number of para-hydroxylation sites is 4. The maximum absolute atomic E-state index is 7.48. The van der Waals surface area contributed by atoms with E-state index in [0.717, 1.165) is 123 Å². The summed E-state index contributed by atoms with van der Waals surface area (Å²) in [5.74, 6) is 1.89. The predicted octanol–water partition coefficient (Wildman–Crippen LogP) is 22.3. The molecule has 8 aromatic carbocycles. The number of benzene rings is 8. The zero-order valence-electron chi connectivity index (χ0n) is 50.9. The number of rotatable bonds is 8. The van der Waals surface area contributed by atoms with E-state index in [0.29, 0.717) is 38.9 Å². The van der Waals surface area contributed by atoms with E-state index in [1.807, 2.05) is 0 Å². The lowest BCUT2D eigenvalue weighted by Gasteiger charge is -2.29. The van der Waals surface area contributed by atoms with Gasteiger partial charge in [-0.25, -0.2) is 0 Å². The van der Waals surface area contributed by atoms with Crippen LogP contribution in [-0.4, -0.2) is 13.2 Å². The molecule has 11 rings (SSSR count). The first kappa shape index (κ1) is 57.0. The Morgan fingerprint density at radius 3 is 0.793 bits per heavy atom. The Kier molecular flexibility index (Phi) is 15.6. The summed E-state index contributed by atoms with van der Waals surface area (Å²) in [7, 11) is -3.63. The third-order valence-electron chi connectivity index (χ3n) is 16.1. The van der Waals surface area contributed by atoms with Crippen molar-refractivity contribution < 1.29 is 26.3 Å². The highest BCUT2D eigenvalue weighted by Gasteiger charge is 2.31. The molecule has 2 heterocycles. The Morgan fingerprint density at radius 1 is 0.329 bits per heavy atom. The van der Waals surface area contributed by atoms with Crippen LogP contribution in [0, 0.1) is 0 Å². The van der Waals surface area contributed by atoms with E-state index in [1.54, 1.807) is 0 Å². The molecule has 0 radical (unpaired) electrons. The predicted molar refractivity (Wildman–Crippen MR) is 346 cm³/mol. The van der Waals surface area contributed by atoms with Gasteiger partial charge in [0.05, 0.1) is 23.8 Å². The molecule has 8 heteroatoms. The first-order valence-electron chi connectivity index (χ1n) is 29.7. The molecule has 0 N–H and O–H groups in total. The largest absolute Gasteiger partial charge is 0.493 e. The van der Waals surface area contributed by atoms with Crippen molar-refractivity contribution in [3.05, 3.63) is 212 Å². The molecule has 6 nitrogen and oxygen atoms in total. The second-order valence-corrected chi connectivity index (χ2v) is 29.5. The molecule has 0 saturated carbocycles. The minimum atomic E-state index is -1.82.